The molecule has 1 fully saturated rings. The van der Waals surface area contributed by atoms with Crippen LogP contribution in [-0.4, -0.2) is 48.7 Å². The highest BCUT2D eigenvalue weighted by atomic mass is 16.6. The van der Waals surface area contributed by atoms with Crippen LogP contribution in [0.4, 0.5) is 4.79 Å². The Morgan fingerprint density at radius 2 is 1.42 bits per heavy atom. The van der Waals surface area contributed by atoms with Crippen molar-refractivity contribution in [3.05, 3.63) is 71.8 Å². The Morgan fingerprint density at radius 1 is 0.917 bits per heavy atom. The lowest BCUT2D eigenvalue weighted by Crippen LogP contribution is -2.50. The maximum Gasteiger partial charge on any atom is 0.409 e. The van der Waals surface area contributed by atoms with Gasteiger partial charge in [0.05, 0.1) is 12.6 Å². The lowest BCUT2D eigenvalue weighted by atomic mass is 9.96. The summed E-state index contributed by atoms with van der Waals surface area (Å²) in [6.07, 6.45) is -0.201. The van der Waals surface area contributed by atoms with Crippen molar-refractivity contribution in [2.45, 2.75) is 13.0 Å². The van der Waals surface area contributed by atoms with Crippen LogP contribution in [0.25, 0.3) is 0 Å². The molecule has 4 nitrogen and oxygen atoms in total. The van der Waals surface area contributed by atoms with E-state index >= 15 is 0 Å². The topological polar surface area (TPSA) is 32.8 Å². The first-order chi connectivity index (χ1) is 11.8. The highest BCUT2D eigenvalue weighted by Gasteiger charge is 2.28. The molecule has 0 aromatic heterocycles. The number of amides is 1. The number of hydrogen-bond donors (Lipinski definition) is 0. The lowest BCUT2D eigenvalue weighted by Gasteiger charge is -2.39. The summed E-state index contributed by atoms with van der Waals surface area (Å²) in [6, 6.07) is 21.3. The third kappa shape index (κ3) is 3.77. The monoisotopic (exact) mass is 324 g/mol. The number of piperazine rings is 1. The van der Waals surface area contributed by atoms with Crippen molar-refractivity contribution in [2.24, 2.45) is 0 Å². The number of benzene rings is 2. The molecule has 0 atom stereocenters. The van der Waals surface area contributed by atoms with Crippen LogP contribution >= 0.6 is 0 Å². The minimum absolute atomic E-state index is 0.201. The second-order valence-electron chi connectivity index (χ2n) is 5.95. The van der Waals surface area contributed by atoms with Gasteiger partial charge < -0.3 is 9.64 Å². The van der Waals surface area contributed by atoms with Gasteiger partial charge in [0.25, 0.3) is 0 Å². The summed E-state index contributed by atoms with van der Waals surface area (Å²) in [4.78, 5) is 16.1. The van der Waals surface area contributed by atoms with Gasteiger partial charge in [-0.15, -0.1) is 0 Å². The zero-order chi connectivity index (χ0) is 16.8. The first-order valence-electron chi connectivity index (χ1n) is 8.55. The Kier molecular flexibility index (Phi) is 5.49. The Balaban J connectivity index is 1.77. The number of carbonyl (C=O) groups excluding carboxylic acids is 1. The molecule has 1 aliphatic heterocycles. The average Bonchev–Trinajstić information content (AvgIpc) is 2.64. The van der Waals surface area contributed by atoms with E-state index in [1.54, 1.807) is 4.90 Å². The normalized spacial score (nSPS) is 15.5. The van der Waals surface area contributed by atoms with Gasteiger partial charge >= 0.3 is 6.09 Å². The fourth-order valence-electron chi connectivity index (χ4n) is 3.26. The Labute approximate surface area is 143 Å². The highest BCUT2D eigenvalue weighted by molar-refractivity contribution is 5.67. The molecule has 0 radical (unpaired) electrons. The number of nitrogens with zero attached hydrogens (tertiary/aromatic N) is 2. The predicted molar refractivity (Wildman–Crippen MR) is 94.9 cm³/mol. The van der Waals surface area contributed by atoms with Crippen molar-refractivity contribution in [1.29, 1.82) is 0 Å². The molecule has 0 aliphatic carbocycles. The molecule has 0 saturated carbocycles. The van der Waals surface area contributed by atoms with Crippen molar-refractivity contribution in [3.63, 3.8) is 0 Å². The first kappa shape index (κ1) is 16.5. The molecule has 0 bridgehead atoms. The maximum atomic E-state index is 11.9. The van der Waals surface area contributed by atoms with E-state index in [1.165, 1.54) is 11.1 Å². The molecular weight excluding hydrogens is 300 g/mol. The molecule has 2 aromatic carbocycles. The SMILES string of the molecule is CCOC(=O)N1CCN(C(c2ccccc2)c2ccccc2)CC1. The van der Waals surface area contributed by atoms with E-state index in [9.17, 15) is 4.79 Å². The van der Waals surface area contributed by atoms with Gasteiger partial charge in [0, 0.05) is 26.2 Å². The van der Waals surface area contributed by atoms with Crippen LogP contribution in [0.15, 0.2) is 60.7 Å². The summed E-state index contributed by atoms with van der Waals surface area (Å²) in [6.45, 7) is 5.36. The number of hydrogen-bond acceptors (Lipinski definition) is 3. The minimum atomic E-state index is -0.201. The minimum Gasteiger partial charge on any atom is -0.450 e. The second kappa shape index (κ2) is 7.97. The average molecular weight is 324 g/mol. The zero-order valence-corrected chi connectivity index (χ0v) is 14.1. The summed E-state index contributed by atoms with van der Waals surface area (Å²) >= 11 is 0. The van der Waals surface area contributed by atoms with Crippen LogP contribution in [0.3, 0.4) is 0 Å². The zero-order valence-electron chi connectivity index (χ0n) is 14.1. The van der Waals surface area contributed by atoms with Gasteiger partial charge in [-0.1, -0.05) is 60.7 Å². The van der Waals surface area contributed by atoms with E-state index in [4.69, 9.17) is 4.74 Å². The molecule has 1 heterocycles. The molecule has 0 spiro atoms. The third-order valence-electron chi connectivity index (χ3n) is 4.44. The fraction of sp³-hybridized carbons (Fsp3) is 0.350. The van der Waals surface area contributed by atoms with E-state index in [1.807, 2.05) is 19.1 Å². The first-order valence-corrected chi connectivity index (χ1v) is 8.55. The van der Waals surface area contributed by atoms with Crippen LogP contribution in [-0.2, 0) is 4.74 Å². The van der Waals surface area contributed by atoms with Gasteiger partial charge in [0.15, 0.2) is 0 Å². The Hall–Kier alpha value is -2.33. The van der Waals surface area contributed by atoms with Crippen LogP contribution < -0.4 is 0 Å². The maximum absolute atomic E-state index is 11.9. The van der Waals surface area contributed by atoms with Gasteiger partial charge in [0.1, 0.15) is 0 Å². The number of carbonyl (C=O) groups is 1. The van der Waals surface area contributed by atoms with Gasteiger partial charge in [-0.3, -0.25) is 4.90 Å². The third-order valence-corrected chi connectivity index (χ3v) is 4.44. The van der Waals surface area contributed by atoms with E-state index in [0.717, 1.165) is 13.1 Å². The van der Waals surface area contributed by atoms with Crippen molar-refractivity contribution in [3.8, 4) is 0 Å². The van der Waals surface area contributed by atoms with Gasteiger partial charge in [-0.05, 0) is 18.1 Å². The summed E-state index contributed by atoms with van der Waals surface area (Å²) in [5.41, 5.74) is 2.57. The molecule has 3 rings (SSSR count). The van der Waals surface area contributed by atoms with Crippen molar-refractivity contribution in [2.75, 3.05) is 32.8 Å². The van der Waals surface area contributed by atoms with Crippen molar-refractivity contribution in [1.82, 2.24) is 9.80 Å². The summed E-state index contributed by atoms with van der Waals surface area (Å²) in [5, 5.41) is 0. The lowest BCUT2D eigenvalue weighted by molar-refractivity contribution is 0.0715. The molecular formula is C20H24N2O2. The van der Waals surface area contributed by atoms with Crippen LogP contribution in [0.2, 0.25) is 0 Å². The van der Waals surface area contributed by atoms with Crippen molar-refractivity contribution >= 4 is 6.09 Å². The van der Waals surface area contributed by atoms with Gasteiger partial charge in [0.2, 0.25) is 0 Å². The van der Waals surface area contributed by atoms with Crippen LogP contribution in [0.5, 0.6) is 0 Å². The summed E-state index contributed by atoms with van der Waals surface area (Å²) in [7, 11) is 0. The van der Waals surface area contributed by atoms with E-state index in [2.05, 4.69) is 53.4 Å². The quantitative estimate of drug-likeness (QED) is 0.862. The highest BCUT2D eigenvalue weighted by Crippen LogP contribution is 2.29. The molecule has 1 amide bonds. The molecule has 2 aromatic rings. The second-order valence-corrected chi connectivity index (χ2v) is 5.95. The van der Waals surface area contributed by atoms with Crippen molar-refractivity contribution < 1.29 is 9.53 Å². The fourth-order valence-corrected chi connectivity index (χ4v) is 3.26. The molecule has 126 valence electrons. The largest absolute Gasteiger partial charge is 0.450 e. The Bertz CT molecular complexity index is 598. The smallest absolute Gasteiger partial charge is 0.409 e. The van der Waals surface area contributed by atoms with Gasteiger partial charge in [-0.2, -0.15) is 0 Å². The van der Waals surface area contributed by atoms with Gasteiger partial charge in [-0.25, -0.2) is 4.79 Å². The summed E-state index contributed by atoms with van der Waals surface area (Å²) < 4.78 is 5.11. The predicted octanol–water partition coefficient (Wildman–Crippen LogP) is 3.55. The molecule has 4 heteroatoms. The van der Waals surface area contributed by atoms with E-state index in [0.29, 0.717) is 19.7 Å². The van der Waals surface area contributed by atoms with E-state index in [-0.39, 0.29) is 12.1 Å². The number of ether oxygens (including phenoxy) is 1. The molecule has 0 N–H and O–H groups in total. The standard InChI is InChI=1S/C20H24N2O2/c1-2-24-20(23)22-15-13-21(14-16-22)19(17-9-5-3-6-10-17)18-11-7-4-8-12-18/h3-12,19H,2,13-16H2,1H3. The van der Waals surface area contributed by atoms with E-state index < -0.39 is 0 Å². The van der Waals surface area contributed by atoms with Crippen LogP contribution in [0, 0.1) is 0 Å². The number of rotatable bonds is 4. The molecule has 1 aliphatic rings. The summed E-state index contributed by atoms with van der Waals surface area (Å²) in [5.74, 6) is 0. The molecule has 1 saturated heterocycles. The van der Waals surface area contributed by atoms with Crippen LogP contribution in [0.1, 0.15) is 24.1 Å². The molecule has 24 heavy (non-hydrogen) atoms. The molecule has 0 unspecified atom stereocenters. The Morgan fingerprint density at radius 3 is 1.88 bits per heavy atom.